The van der Waals surface area contributed by atoms with Gasteiger partial charge in [0.1, 0.15) is 0 Å². The molecule has 0 aliphatic heterocycles. The Morgan fingerprint density at radius 1 is 1.18 bits per heavy atom. The number of hydrogen-bond donors (Lipinski definition) is 0. The van der Waals surface area contributed by atoms with Gasteiger partial charge in [-0.1, -0.05) is 38.1 Å². The van der Waals surface area contributed by atoms with E-state index in [0.29, 0.717) is 35.5 Å². The molecule has 2 aromatic carbocycles. The van der Waals surface area contributed by atoms with E-state index < -0.39 is 15.8 Å². The fraction of sp³-hybridized carbons (Fsp3) is 0.333. The molecule has 0 fully saturated rings. The largest absolute Gasteiger partial charge is 0.351 e. The quantitative estimate of drug-likeness (QED) is 0.407. The lowest BCUT2D eigenvalue weighted by atomic mass is 10.1. The third-order valence-electron chi connectivity index (χ3n) is 4.95. The molecular formula is C24H26N4O5S. The van der Waals surface area contributed by atoms with Crippen LogP contribution in [-0.4, -0.2) is 41.4 Å². The smallest absolute Gasteiger partial charge is 0.298 e. The second-order valence-corrected chi connectivity index (χ2v) is 10.0. The van der Waals surface area contributed by atoms with E-state index in [2.05, 4.69) is 11.2 Å². The van der Waals surface area contributed by atoms with E-state index in [-0.39, 0.29) is 24.9 Å². The van der Waals surface area contributed by atoms with Crippen molar-refractivity contribution in [1.29, 1.82) is 5.26 Å². The Balaban J connectivity index is 1.97. The average molecular weight is 483 g/mol. The lowest BCUT2D eigenvalue weighted by Crippen LogP contribution is -2.27. The molecule has 0 bridgehead atoms. The number of benzene rings is 2. The Labute approximate surface area is 198 Å². The highest BCUT2D eigenvalue weighted by molar-refractivity contribution is 7.85. The Morgan fingerprint density at radius 3 is 2.50 bits per heavy atom. The molecule has 0 saturated carbocycles. The molecule has 1 heterocycles. The van der Waals surface area contributed by atoms with Gasteiger partial charge in [-0.05, 0) is 42.2 Å². The van der Waals surface area contributed by atoms with Crippen LogP contribution in [0, 0.1) is 17.2 Å². The van der Waals surface area contributed by atoms with Crippen LogP contribution < -0.4 is 5.69 Å². The highest BCUT2D eigenvalue weighted by Gasteiger charge is 2.19. The molecule has 0 amide bonds. The Morgan fingerprint density at radius 2 is 1.88 bits per heavy atom. The summed E-state index contributed by atoms with van der Waals surface area (Å²) in [7, 11) is -3.51. The van der Waals surface area contributed by atoms with Crippen molar-refractivity contribution < 1.29 is 17.4 Å². The van der Waals surface area contributed by atoms with E-state index in [1.54, 1.807) is 48.5 Å². The van der Waals surface area contributed by atoms with Gasteiger partial charge in [0, 0.05) is 12.0 Å². The van der Waals surface area contributed by atoms with Gasteiger partial charge >= 0.3 is 5.69 Å². The van der Waals surface area contributed by atoms with Crippen LogP contribution in [0.3, 0.4) is 0 Å². The average Bonchev–Trinajstić information content (AvgIpc) is 3.09. The molecule has 10 heteroatoms. The fourth-order valence-electron chi connectivity index (χ4n) is 3.46. The van der Waals surface area contributed by atoms with Crippen LogP contribution in [-0.2, 0) is 32.1 Å². The van der Waals surface area contributed by atoms with Gasteiger partial charge in [-0.2, -0.15) is 18.4 Å². The first-order valence-corrected chi connectivity index (χ1v) is 12.5. The summed E-state index contributed by atoms with van der Waals surface area (Å²) < 4.78 is 29.5. The van der Waals surface area contributed by atoms with E-state index in [4.69, 9.17) is 4.18 Å². The second kappa shape index (κ2) is 10.6. The van der Waals surface area contributed by atoms with Crippen LogP contribution in [0.5, 0.6) is 0 Å². The van der Waals surface area contributed by atoms with Crippen LogP contribution in [0.15, 0.2) is 53.3 Å². The molecule has 0 radical (unpaired) electrons. The van der Waals surface area contributed by atoms with Crippen molar-refractivity contribution in [2.75, 3.05) is 12.9 Å². The normalized spacial score (nSPS) is 11.5. The topological polar surface area (TPSA) is 124 Å². The van der Waals surface area contributed by atoms with Gasteiger partial charge < -0.3 is 0 Å². The molecule has 34 heavy (non-hydrogen) atoms. The predicted octanol–water partition coefficient (Wildman–Crippen LogP) is 2.71. The maximum absolute atomic E-state index is 13.3. The number of carbonyl (C=O) groups is 1. The molecule has 3 aromatic rings. The van der Waals surface area contributed by atoms with Gasteiger partial charge in [0.2, 0.25) is 0 Å². The van der Waals surface area contributed by atoms with Crippen molar-refractivity contribution in [3.8, 4) is 23.1 Å². The number of nitriles is 1. The minimum Gasteiger partial charge on any atom is -0.298 e. The maximum Gasteiger partial charge on any atom is 0.351 e. The first-order valence-electron chi connectivity index (χ1n) is 10.7. The summed E-state index contributed by atoms with van der Waals surface area (Å²) in [6, 6.07) is 15.7. The van der Waals surface area contributed by atoms with Crippen LogP contribution in [0.2, 0.25) is 0 Å². The lowest BCUT2D eigenvalue weighted by molar-refractivity contribution is -0.120. The minimum atomic E-state index is -3.51. The predicted molar refractivity (Wildman–Crippen MR) is 127 cm³/mol. The van der Waals surface area contributed by atoms with Gasteiger partial charge in [-0.25, -0.2) is 4.79 Å². The van der Waals surface area contributed by atoms with Gasteiger partial charge in [0.25, 0.3) is 10.1 Å². The summed E-state index contributed by atoms with van der Waals surface area (Å²) in [6.07, 6.45) is 1.71. The molecule has 0 unspecified atom stereocenters. The SMILES string of the molecule is CC(C)CC(=O)Cn1c(-c2cccc(C#N)c2)nn(-c2ccc(CCOS(C)(=O)=O)cc2)c1=O. The summed E-state index contributed by atoms with van der Waals surface area (Å²) in [4.78, 5) is 25.8. The summed E-state index contributed by atoms with van der Waals surface area (Å²) in [5.74, 6) is 0.364. The molecule has 3 rings (SSSR count). The number of nitrogens with zero attached hydrogens (tertiary/aromatic N) is 4. The molecule has 0 aliphatic carbocycles. The monoisotopic (exact) mass is 482 g/mol. The van der Waals surface area contributed by atoms with Crippen LogP contribution >= 0.6 is 0 Å². The van der Waals surface area contributed by atoms with Crippen molar-refractivity contribution in [3.63, 3.8) is 0 Å². The summed E-state index contributed by atoms with van der Waals surface area (Å²) >= 11 is 0. The lowest BCUT2D eigenvalue weighted by Gasteiger charge is -2.07. The van der Waals surface area contributed by atoms with E-state index in [9.17, 15) is 23.3 Å². The zero-order valence-corrected chi connectivity index (χ0v) is 20.1. The van der Waals surface area contributed by atoms with E-state index in [1.807, 2.05) is 13.8 Å². The summed E-state index contributed by atoms with van der Waals surface area (Å²) in [6.45, 7) is 3.77. The molecule has 1 aromatic heterocycles. The number of ketones is 1. The molecule has 0 atom stereocenters. The molecule has 178 valence electrons. The van der Waals surface area contributed by atoms with Gasteiger partial charge in [0.05, 0.1) is 36.7 Å². The molecular weight excluding hydrogens is 456 g/mol. The first-order chi connectivity index (χ1) is 16.1. The van der Waals surface area contributed by atoms with E-state index in [0.717, 1.165) is 11.8 Å². The second-order valence-electron chi connectivity index (χ2n) is 8.38. The van der Waals surface area contributed by atoms with Gasteiger partial charge in [0.15, 0.2) is 11.6 Å². The third kappa shape index (κ3) is 6.50. The van der Waals surface area contributed by atoms with Crippen molar-refractivity contribution in [2.45, 2.75) is 33.2 Å². The zero-order chi connectivity index (χ0) is 24.9. The van der Waals surface area contributed by atoms with Crippen molar-refractivity contribution >= 4 is 15.9 Å². The number of carbonyl (C=O) groups excluding carboxylic acids is 1. The number of aromatic nitrogens is 3. The van der Waals surface area contributed by atoms with E-state index >= 15 is 0 Å². The van der Waals surface area contributed by atoms with Crippen LogP contribution in [0.1, 0.15) is 31.4 Å². The molecule has 0 saturated heterocycles. The van der Waals surface area contributed by atoms with E-state index in [1.165, 1.54) is 9.25 Å². The summed E-state index contributed by atoms with van der Waals surface area (Å²) in [5, 5.41) is 13.7. The Bertz CT molecular complexity index is 1380. The van der Waals surface area contributed by atoms with Crippen molar-refractivity contribution in [3.05, 3.63) is 70.1 Å². The van der Waals surface area contributed by atoms with Crippen LogP contribution in [0.25, 0.3) is 17.1 Å². The van der Waals surface area contributed by atoms with Crippen molar-refractivity contribution in [2.24, 2.45) is 5.92 Å². The maximum atomic E-state index is 13.3. The Hall–Kier alpha value is -3.55. The molecule has 0 aliphatic rings. The fourth-order valence-corrected chi connectivity index (χ4v) is 3.85. The number of rotatable bonds is 10. The number of hydrogen-bond acceptors (Lipinski definition) is 7. The molecule has 0 spiro atoms. The van der Waals surface area contributed by atoms with Crippen molar-refractivity contribution in [1.82, 2.24) is 14.3 Å². The standard InChI is InChI=1S/C24H26N4O5S/c1-17(2)13-22(29)16-27-23(20-6-4-5-19(14-20)15-25)26-28(24(27)30)21-9-7-18(8-10-21)11-12-33-34(3,31)32/h4-10,14,17H,11-13,16H2,1-3H3. The van der Waals surface area contributed by atoms with Gasteiger partial charge in [-0.3, -0.25) is 13.5 Å². The summed E-state index contributed by atoms with van der Waals surface area (Å²) in [5.41, 5.74) is 1.82. The minimum absolute atomic E-state index is 0.0180. The molecule has 0 N–H and O–H groups in total. The molecule has 9 nitrogen and oxygen atoms in total. The number of Topliss-reactive ketones (excluding diaryl/α,β-unsaturated/α-hetero) is 1. The van der Waals surface area contributed by atoms with Crippen LogP contribution in [0.4, 0.5) is 0 Å². The highest BCUT2D eigenvalue weighted by Crippen LogP contribution is 2.19. The van der Waals surface area contributed by atoms with Gasteiger partial charge in [-0.15, -0.1) is 5.10 Å². The first kappa shape index (κ1) is 25.1. The third-order valence-corrected chi connectivity index (χ3v) is 5.55. The highest BCUT2D eigenvalue weighted by atomic mass is 32.2. The zero-order valence-electron chi connectivity index (χ0n) is 19.3. The Kier molecular flexibility index (Phi) is 7.81.